The number of carbonyl (C=O) groups excluding carboxylic acids is 1. The molecule has 33 heavy (non-hydrogen) atoms. The maximum absolute atomic E-state index is 15.7. The van der Waals surface area contributed by atoms with Crippen molar-refractivity contribution in [1.29, 1.82) is 0 Å². The van der Waals surface area contributed by atoms with Gasteiger partial charge in [0.05, 0.1) is 32.2 Å². The lowest BCUT2D eigenvalue weighted by molar-refractivity contribution is 0.102. The molecule has 1 aliphatic carbocycles. The molecule has 3 N–H and O–H groups in total. The van der Waals surface area contributed by atoms with Gasteiger partial charge in [-0.05, 0) is 37.0 Å². The van der Waals surface area contributed by atoms with Gasteiger partial charge in [-0.3, -0.25) is 4.79 Å². The van der Waals surface area contributed by atoms with Crippen LogP contribution >= 0.6 is 24.2 Å². The third kappa shape index (κ3) is 4.49. The topological polar surface area (TPSA) is 112 Å². The SMILES string of the molecule is Cl.NC1=N[C@@]2(c3cc(NC(=O)c4cnc(OCC5CC5)cn4)ccc3F)COC[C@@]2(F)CS1. The van der Waals surface area contributed by atoms with Gasteiger partial charge in [-0.15, -0.1) is 12.4 Å². The number of hydrogen-bond donors (Lipinski definition) is 2. The molecule has 3 heterocycles. The maximum Gasteiger partial charge on any atom is 0.275 e. The van der Waals surface area contributed by atoms with Crippen LogP contribution in [0, 0.1) is 11.7 Å². The molecule has 2 atom stereocenters. The van der Waals surface area contributed by atoms with Crippen molar-refractivity contribution in [3.05, 3.63) is 47.7 Å². The summed E-state index contributed by atoms with van der Waals surface area (Å²) in [6.07, 6.45) is 5.00. The van der Waals surface area contributed by atoms with E-state index in [4.69, 9.17) is 15.2 Å². The van der Waals surface area contributed by atoms with Crippen LogP contribution in [0.15, 0.2) is 35.6 Å². The van der Waals surface area contributed by atoms with Crippen molar-refractivity contribution in [2.24, 2.45) is 16.6 Å². The average Bonchev–Trinajstić information content (AvgIpc) is 3.55. The van der Waals surface area contributed by atoms with Crippen molar-refractivity contribution < 1.29 is 23.0 Å². The second kappa shape index (κ2) is 9.03. The van der Waals surface area contributed by atoms with Gasteiger partial charge in [-0.2, -0.15) is 0 Å². The summed E-state index contributed by atoms with van der Waals surface area (Å²) in [5.41, 5.74) is 2.63. The lowest BCUT2D eigenvalue weighted by Gasteiger charge is -2.38. The molecule has 1 saturated heterocycles. The number of halogens is 3. The number of amides is 1. The molecule has 5 rings (SSSR count). The Kier molecular flexibility index (Phi) is 6.47. The highest BCUT2D eigenvalue weighted by atomic mass is 35.5. The van der Waals surface area contributed by atoms with Gasteiger partial charge in [0.15, 0.2) is 16.4 Å². The molecular formula is C21H22ClF2N5O3S. The fourth-order valence-electron chi connectivity index (χ4n) is 3.80. The molecule has 0 radical (unpaired) electrons. The van der Waals surface area contributed by atoms with E-state index in [2.05, 4.69) is 20.3 Å². The van der Waals surface area contributed by atoms with Gasteiger partial charge >= 0.3 is 0 Å². The minimum atomic E-state index is -1.91. The predicted octanol–water partition coefficient (Wildman–Crippen LogP) is 3.07. The summed E-state index contributed by atoms with van der Waals surface area (Å²) in [6.45, 7) is 0.232. The largest absolute Gasteiger partial charge is 0.476 e. The third-order valence-electron chi connectivity index (χ3n) is 5.83. The van der Waals surface area contributed by atoms with E-state index in [1.807, 2.05) is 0 Å². The number of anilines is 1. The molecule has 12 heteroatoms. The van der Waals surface area contributed by atoms with Crippen LogP contribution in [0.1, 0.15) is 28.9 Å². The smallest absolute Gasteiger partial charge is 0.275 e. The zero-order valence-corrected chi connectivity index (χ0v) is 19.1. The van der Waals surface area contributed by atoms with Crippen LogP contribution in [0.2, 0.25) is 0 Å². The van der Waals surface area contributed by atoms with E-state index < -0.39 is 22.9 Å². The zero-order chi connectivity index (χ0) is 22.3. The molecule has 1 amide bonds. The number of fused-ring (bicyclic) bond motifs is 1. The monoisotopic (exact) mass is 497 g/mol. The highest BCUT2D eigenvalue weighted by Crippen LogP contribution is 2.50. The number of amidine groups is 1. The Labute approximate surface area is 199 Å². The van der Waals surface area contributed by atoms with E-state index in [-0.39, 0.29) is 53.5 Å². The Morgan fingerprint density at radius 1 is 1.30 bits per heavy atom. The van der Waals surface area contributed by atoms with E-state index in [1.54, 1.807) is 0 Å². The number of rotatable bonds is 6. The number of carbonyl (C=O) groups is 1. The number of nitrogens with one attached hydrogen (secondary N) is 1. The summed E-state index contributed by atoms with van der Waals surface area (Å²) in [6, 6.07) is 3.91. The Morgan fingerprint density at radius 2 is 2.12 bits per heavy atom. The lowest BCUT2D eigenvalue weighted by Crippen LogP contribution is -2.52. The van der Waals surface area contributed by atoms with Crippen LogP contribution in [0.4, 0.5) is 14.5 Å². The fourth-order valence-corrected chi connectivity index (χ4v) is 4.72. The van der Waals surface area contributed by atoms with Crippen LogP contribution in [-0.2, 0) is 10.3 Å². The van der Waals surface area contributed by atoms with E-state index in [9.17, 15) is 9.18 Å². The van der Waals surface area contributed by atoms with Crippen molar-refractivity contribution in [2.45, 2.75) is 24.0 Å². The molecule has 2 aliphatic heterocycles. The number of nitrogens with zero attached hydrogens (tertiary/aromatic N) is 3. The number of nitrogens with two attached hydrogens (primary N) is 1. The van der Waals surface area contributed by atoms with Crippen LogP contribution in [-0.4, -0.2) is 52.3 Å². The van der Waals surface area contributed by atoms with Gasteiger partial charge in [0.1, 0.15) is 11.5 Å². The molecule has 1 saturated carbocycles. The Morgan fingerprint density at radius 3 is 2.85 bits per heavy atom. The van der Waals surface area contributed by atoms with Crippen molar-refractivity contribution in [3.8, 4) is 5.88 Å². The van der Waals surface area contributed by atoms with E-state index in [0.717, 1.165) is 30.7 Å². The van der Waals surface area contributed by atoms with Gasteiger partial charge in [-0.1, -0.05) is 11.8 Å². The number of aromatic nitrogens is 2. The molecule has 2 aromatic rings. The van der Waals surface area contributed by atoms with Crippen molar-refractivity contribution in [2.75, 3.05) is 30.9 Å². The molecule has 3 aliphatic rings. The first-order chi connectivity index (χ1) is 15.4. The highest BCUT2D eigenvalue weighted by molar-refractivity contribution is 8.13. The Bertz CT molecular complexity index is 1090. The highest BCUT2D eigenvalue weighted by Gasteiger charge is 2.61. The number of ether oxygens (including phenoxy) is 2. The molecule has 176 valence electrons. The maximum atomic E-state index is 15.7. The van der Waals surface area contributed by atoms with Crippen molar-refractivity contribution in [3.63, 3.8) is 0 Å². The first kappa shape index (κ1) is 23.7. The molecule has 8 nitrogen and oxygen atoms in total. The first-order valence-electron chi connectivity index (χ1n) is 10.2. The Balaban J connectivity index is 0.00000259. The average molecular weight is 498 g/mol. The molecule has 0 bridgehead atoms. The second-order valence-electron chi connectivity index (χ2n) is 8.20. The molecule has 2 fully saturated rings. The van der Waals surface area contributed by atoms with Crippen LogP contribution in [0.3, 0.4) is 0 Å². The van der Waals surface area contributed by atoms with E-state index >= 15 is 4.39 Å². The van der Waals surface area contributed by atoms with Gasteiger partial charge < -0.3 is 20.5 Å². The summed E-state index contributed by atoms with van der Waals surface area (Å²) in [7, 11) is 0. The summed E-state index contributed by atoms with van der Waals surface area (Å²) in [5.74, 6) is -0.276. The summed E-state index contributed by atoms with van der Waals surface area (Å²) in [4.78, 5) is 25.1. The molecule has 1 aromatic heterocycles. The number of thioether (sulfide) groups is 1. The molecule has 1 aromatic carbocycles. The predicted molar refractivity (Wildman–Crippen MR) is 122 cm³/mol. The van der Waals surface area contributed by atoms with Gasteiger partial charge in [-0.25, -0.2) is 23.7 Å². The van der Waals surface area contributed by atoms with Crippen LogP contribution in [0.5, 0.6) is 5.88 Å². The van der Waals surface area contributed by atoms with Crippen LogP contribution < -0.4 is 15.8 Å². The number of benzene rings is 1. The number of aliphatic imine (C=N–C) groups is 1. The van der Waals surface area contributed by atoms with Gasteiger partial charge in [0, 0.05) is 17.0 Å². The molecular weight excluding hydrogens is 476 g/mol. The number of hydrogen-bond acceptors (Lipinski definition) is 8. The Hall–Kier alpha value is -2.50. The van der Waals surface area contributed by atoms with Crippen molar-refractivity contribution in [1.82, 2.24) is 9.97 Å². The summed E-state index contributed by atoms with van der Waals surface area (Å²) in [5, 5.41) is 2.81. The van der Waals surface area contributed by atoms with Crippen LogP contribution in [0.25, 0.3) is 0 Å². The summed E-state index contributed by atoms with van der Waals surface area (Å²) >= 11 is 1.07. The normalized spacial score (nSPS) is 26.1. The van der Waals surface area contributed by atoms with E-state index in [1.165, 1.54) is 24.5 Å². The quantitative estimate of drug-likeness (QED) is 0.630. The van der Waals surface area contributed by atoms with Gasteiger partial charge in [0.25, 0.3) is 5.91 Å². The minimum absolute atomic E-state index is 0. The van der Waals surface area contributed by atoms with E-state index in [0.29, 0.717) is 18.4 Å². The third-order valence-corrected chi connectivity index (χ3v) is 6.82. The standard InChI is InChI=1S/C21H21F2N5O3S.ClH/c22-15-4-3-13(5-14(15)21-10-30-9-20(21,23)11-32-19(24)28-21)27-18(29)16-6-26-17(7-25-16)31-8-12-1-2-12;/h3-7,12H,1-2,8-11H2,(H2,24,28)(H,27,29);1H/t20-,21-;/m1./s1. The lowest BCUT2D eigenvalue weighted by atomic mass is 9.79. The summed E-state index contributed by atoms with van der Waals surface area (Å²) < 4.78 is 41.4. The molecule has 0 unspecified atom stereocenters. The zero-order valence-electron chi connectivity index (χ0n) is 17.4. The second-order valence-corrected chi connectivity index (χ2v) is 9.20. The van der Waals surface area contributed by atoms with Gasteiger partial charge in [0.2, 0.25) is 5.88 Å². The fraction of sp³-hybridized carbons (Fsp3) is 0.429. The van der Waals surface area contributed by atoms with Crippen molar-refractivity contribution >= 4 is 40.9 Å². The molecule has 0 spiro atoms. The minimum Gasteiger partial charge on any atom is -0.476 e. The first-order valence-corrected chi connectivity index (χ1v) is 11.2. The number of alkyl halides is 1.